The average Bonchev–Trinajstić information content (AvgIpc) is 3.19. The zero-order valence-electron chi connectivity index (χ0n) is 21.4. The lowest BCUT2D eigenvalue weighted by Crippen LogP contribution is -2.52. The van der Waals surface area contributed by atoms with Crippen molar-refractivity contribution < 1.29 is 17.7 Å². The normalized spacial score (nSPS) is 20.6. The number of aromatic nitrogens is 1. The number of piperidine rings is 1. The Kier molecular flexibility index (Phi) is 7.49. The van der Waals surface area contributed by atoms with E-state index in [2.05, 4.69) is 29.1 Å². The monoisotopic (exact) mass is 500 g/mol. The predicted molar refractivity (Wildman–Crippen MR) is 136 cm³/mol. The van der Waals surface area contributed by atoms with Gasteiger partial charge in [0.05, 0.1) is 5.92 Å². The molecule has 0 saturated carbocycles. The highest BCUT2D eigenvalue weighted by Crippen LogP contribution is 2.30. The van der Waals surface area contributed by atoms with Crippen LogP contribution in [0.1, 0.15) is 46.5 Å². The number of aryl methyl sites for hydroxylation is 4. The first kappa shape index (κ1) is 25.6. The standard InChI is InChI=1S/C26H36N4O4S/c1-18-15-19(2)23(20(3)16-18)8-9-24-25(21(4)27-34-24)35(32,33)30-10-6-7-22(17-30)26(31)29-13-11-28(5)12-14-29/h8-9,15-16,22H,6-7,10-14,17H2,1-5H3/b9-8+/t22-/m1/s1. The maximum absolute atomic E-state index is 13.7. The summed E-state index contributed by atoms with van der Waals surface area (Å²) in [5.74, 6) is -0.0428. The third-order valence-corrected chi connectivity index (χ3v) is 9.14. The number of carbonyl (C=O) groups is 1. The second-order valence-electron chi connectivity index (χ2n) is 9.94. The van der Waals surface area contributed by atoms with Crippen LogP contribution in [0.3, 0.4) is 0 Å². The van der Waals surface area contributed by atoms with Crippen LogP contribution in [0.25, 0.3) is 12.2 Å². The van der Waals surface area contributed by atoms with E-state index in [1.807, 2.05) is 31.9 Å². The van der Waals surface area contributed by atoms with E-state index in [4.69, 9.17) is 4.52 Å². The van der Waals surface area contributed by atoms with E-state index in [9.17, 15) is 13.2 Å². The van der Waals surface area contributed by atoms with Gasteiger partial charge in [0.15, 0.2) is 10.7 Å². The van der Waals surface area contributed by atoms with Gasteiger partial charge in [0, 0.05) is 39.3 Å². The third-order valence-electron chi connectivity index (χ3n) is 7.12. The van der Waals surface area contributed by atoms with Gasteiger partial charge in [-0.2, -0.15) is 4.31 Å². The Morgan fingerprint density at radius 3 is 2.34 bits per heavy atom. The average molecular weight is 501 g/mol. The van der Waals surface area contributed by atoms with Gasteiger partial charge in [0.2, 0.25) is 15.9 Å². The molecule has 0 bridgehead atoms. The molecular weight excluding hydrogens is 464 g/mol. The summed E-state index contributed by atoms with van der Waals surface area (Å²) in [7, 11) is -1.82. The number of amides is 1. The number of hydrogen-bond acceptors (Lipinski definition) is 6. The topological polar surface area (TPSA) is 87.0 Å². The maximum atomic E-state index is 13.7. The molecule has 1 atom stereocenters. The van der Waals surface area contributed by atoms with Gasteiger partial charge >= 0.3 is 0 Å². The minimum Gasteiger partial charge on any atom is -0.355 e. The minimum atomic E-state index is -3.87. The molecule has 35 heavy (non-hydrogen) atoms. The van der Waals surface area contributed by atoms with Crippen LogP contribution in [0, 0.1) is 33.6 Å². The van der Waals surface area contributed by atoms with Crippen molar-refractivity contribution in [2.75, 3.05) is 46.3 Å². The number of nitrogens with zero attached hydrogens (tertiary/aromatic N) is 4. The molecule has 9 heteroatoms. The summed E-state index contributed by atoms with van der Waals surface area (Å²) in [6, 6.07) is 4.20. The molecule has 190 valence electrons. The van der Waals surface area contributed by atoms with Gasteiger partial charge in [-0.1, -0.05) is 28.9 Å². The van der Waals surface area contributed by atoms with Crippen LogP contribution in [0.15, 0.2) is 21.6 Å². The van der Waals surface area contributed by atoms with Crippen molar-refractivity contribution in [2.45, 2.75) is 45.4 Å². The molecule has 2 aliphatic heterocycles. The summed E-state index contributed by atoms with van der Waals surface area (Å²) >= 11 is 0. The second kappa shape index (κ2) is 10.2. The number of likely N-dealkylation sites (N-methyl/N-ethyl adjacent to an activating group) is 1. The van der Waals surface area contributed by atoms with E-state index in [1.165, 1.54) is 9.87 Å². The number of carbonyl (C=O) groups excluding carboxylic acids is 1. The van der Waals surface area contributed by atoms with E-state index in [0.717, 1.165) is 29.8 Å². The van der Waals surface area contributed by atoms with Crippen molar-refractivity contribution in [1.29, 1.82) is 0 Å². The number of sulfonamides is 1. The number of rotatable bonds is 5. The van der Waals surface area contributed by atoms with Crippen LogP contribution in [-0.4, -0.2) is 79.9 Å². The molecule has 0 radical (unpaired) electrons. The number of piperazine rings is 1. The quantitative estimate of drug-likeness (QED) is 0.626. The summed E-state index contributed by atoms with van der Waals surface area (Å²) in [6.07, 6.45) is 4.94. The number of benzene rings is 1. The fraction of sp³-hybridized carbons (Fsp3) is 0.538. The molecule has 0 spiro atoms. The summed E-state index contributed by atoms with van der Waals surface area (Å²) < 4.78 is 34.3. The van der Waals surface area contributed by atoms with Crippen LogP contribution in [-0.2, 0) is 14.8 Å². The van der Waals surface area contributed by atoms with E-state index in [1.54, 1.807) is 13.0 Å². The van der Waals surface area contributed by atoms with Crippen LogP contribution < -0.4 is 0 Å². The highest BCUT2D eigenvalue weighted by Gasteiger charge is 2.38. The van der Waals surface area contributed by atoms with E-state index < -0.39 is 10.0 Å². The summed E-state index contributed by atoms with van der Waals surface area (Å²) in [5.41, 5.74) is 4.77. The van der Waals surface area contributed by atoms with E-state index >= 15 is 0 Å². The molecule has 2 fully saturated rings. The van der Waals surface area contributed by atoms with Crippen LogP contribution in [0.4, 0.5) is 0 Å². The highest BCUT2D eigenvalue weighted by molar-refractivity contribution is 7.89. The third kappa shape index (κ3) is 5.37. The SMILES string of the molecule is Cc1cc(C)c(/C=C/c2onc(C)c2S(=O)(=O)N2CCC[C@@H](C(=O)N3CCN(C)CC3)C2)c(C)c1. The molecule has 4 rings (SSSR count). The maximum Gasteiger partial charge on any atom is 0.248 e. The van der Waals surface area contributed by atoms with Crippen LogP contribution in [0.5, 0.6) is 0 Å². The van der Waals surface area contributed by atoms with Crippen molar-refractivity contribution in [3.63, 3.8) is 0 Å². The van der Waals surface area contributed by atoms with E-state index in [0.29, 0.717) is 38.2 Å². The molecule has 1 amide bonds. The van der Waals surface area contributed by atoms with Crippen molar-refractivity contribution in [2.24, 2.45) is 5.92 Å². The Hall–Kier alpha value is -2.49. The Bertz CT molecular complexity index is 1200. The van der Waals surface area contributed by atoms with Crippen molar-refractivity contribution in [3.05, 3.63) is 45.8 Å². The zero-order chi connectivity index (χ0) is 25.3. The molecule has 1 aromatic carbocycles. The minimum absolute atomic E-state index is 0.0606. The molecule has 0 aliphatic carbocycles. The van der Waals surface area contributed by atoms with Gasteiger partial charge in [0.25, 0.3) is 0 Å². The van der Waals surface area contributed by atoms with Crippen molar-refractivity contribution in [1.82, 2.24) is 19.3 Å². The Morgan fingerprint density at radius 2 is 1.69 bits per heavy atom. The molecule has 0 N–H and O–H groups in total. The molecule has 2 aliphatic rings. The lowest BCUT2D eigenvalue weighted by Gasteiger charge is -2.37. The smallest absolute Gasteiger partial charge is 0.248 e. The molecule has 3 heterocycles. The van der Waals surface area contributed by atoms with E-state index in [-0.39, 0.29) is 29.0 Å². The first-order valence-corrected chi connectivity index (χ1v) is 13.7. The Balaban J connectivity index is 1.56. The zero-order valence-corrected chi connectivity index (χ0v) is 22.2. The van der Waals surface area contributed by atoms with Gasteiger partial charge in [-0.05, 0) is 70.4 Å². The van der Waals surface area contributed by atoms with Crippen LogP contribution in [0.2, 0.25) is 0 Å². The highest BCUT2D eigenvalue weighted by atomic mass is 32.2. The van der Waals surface area contributed by atoms with Gasteiger partial charge in [-0.15, -0.1) is 0 Å². The molecule has 2 saturated heterocycles. The predicted octanol–water partition coefficient (Wildman–Crippen LogP) is 3.25. The first-order chi connectivity index (χ1) is 16.6. The first-order valence-electron chi connectivity index (χ1n) is 12.3. The van der Waals surface area contributed by atoms with Crippen LogP contribution >= 0.6 is 0 Å². The summed E-state index contributed by atoms with van der Waals surface area (Å²) in [6.45, 7) is 11.4. The summed E-state index contributed by atoms with van der Waals surface area (Å²) in [4.78, 5) is 17.3. The lowest BCUT2D eigenvalue weighted by molar-refractivity contribution is -0.138. The van der Waals surface area contributed by atoms with Crippen molar-refractivity contribution in [3.8, 4) is 0 Å². The Labute approximate surface area is 208 Å². The van der Waals surface area contributed by atoms with Gasteiger partial charge in [0.1, 0.15) is 5.69 Å². The fourth-order valence-electron chi connectivity index (χ4n) is 5.19. The Morgan fingerprint density at radius 1 is 1.03 bits per heavy atom. The molecular formula is C26H36N4O4S. The molecule has 1 aromatic heterocycles. The fourth-order valence-corrected chi connectivity index (χ4v) is 6.96. The summed E-state index contributed by atoms with van der Waals surface area (Å²) in [5, 5.41) is 3.97. The molecule has 8 nitrogen and oxygen atoms in total. The van der Waals surface area contributed by atoms with Gasteiger partial charge < -0.3 is 14.3 Å². The van der Waals surface area contributed by atoms with Gasteiger partial charge in [-0.3, -0.25) is 4.79 Å². The molecule has 2 aromatic rings. The van der Waals surface area contributed by atoms with Crippen molar-refractivity contribution >= 4 is 28.1 Å². The lowest BCUT2D eigenvalue weighted by atomic mass is 9.98. The number of hydrogen-bond donors (Lipinski definition) is 0. The largest absolute Gasteiger partial charge is 0.355 e. The van der Waals surface area contributed by atoms with Gasteiger partial charge in [-0.25, -0.2) is 8.42 Å². The second-order valence-corrected chi connectivity index (χ2v) is 11.8. The molecule has 0 unspecified atom stereocenters.